The molecule has 0 bridgehead atoms. The molecule has 0 saturated carbocycles. The van der Waals surface area contributed by atoms with Gasteiger partial charge in [0.15, 0.2) is 0 Å². The normalized spacial score (nSPS) is 13.3. The number of hydrogen-bond acceptors (Lipinski definition) is 1. The third kappa shape index (κ3) is 1.22. The van der Waals surface area contributed by atoms with Crippen LogP contribution in [-0.4, -0.2) is 0 Å². The predicted octanol–water partition coefficient (Wildman–Crippen LogP) is 4.14. The van der Waals surface area contributed by atoms with E-state index in [0.717, 1.165) is 12.1 Å². The Kier molecular flexibility index (Phi) is 1.81. The molecule has 0 aromatic heterocycles. The van der Waals surface area contributed by atoms with E-state index in [4.69, 9.17) is 5.73 Å². The van der Waals surface area contributed by atoms with Crippen LogP contribution in [0.25, 0.3) is 27.6 Å². The van der Waals surface area contributed by atoms with Crippen LogP contribution in [0.5, 0.6) is 0 Å². The van der Waals surface area contributed by atoms with Gasteiger partial charge in [0, 0.05) is 5.69 Å². The quantitative estimate of drug-likeness (QED) is 0.456. The zero-order chi connectivity index (χ0) is 12.1. The molecule has 0 aliphatic heterocycles. The van der Waals surface area contributed by atoms with E-state index in [0.29, 0.717) is 0 Å². The average Bonchev–Trinajstić information content (AvgIpc) is 2.86. The first-order valence-corrected chi connectivity index (χ1v) is 6.23. The van der Waals surface area contributed by atoms with Crippen molar-refractivity contribution in [2.24, 2.45) is 0 Å². The Bertz CT molecular complexity index is 813. The minimum Gasteiger partial charge on any atom is -0.399 e. The van der Waals surface area contributed by atoms with Gasteiger partial charge in [-0.3, -0.25) is 0 Å². The topological polar surface area (TPSA) is 26.0 Å². The molecule has 18 heavy (non-hydrogen) atoms. The summed E-state index contributed by atoms with van der Waals surface area (Å²) in [5.41, 5.74) is 9.48. The van der Waals surface area contributed by atoms with Gasteiger partial charge in [0.1, 0.15) is 0 Å². The van der Waals surface area contributed by atoms with Crippen LogP contribution in [0.1, 0.15) is 11.1 Å². The highest BCUT2D eigenvalue weighted by Gasteiger charge is 2.10. The molecule has 0 fully saturated rings. The summed E-state index contributed by atoms with van der Waals surface area (Å²) in [5.74, 6) is 0. The van der Waals surface area contributed by atoms with E-state index in [1.807, 2.05) is 12.1 Å². The van der Waals surface area contributed by atoms with Crippen molar-refractivity contribution in [3.63, 3.8) is 0 Å². The van der Waals surface area contributed by atoms with Crippen molar-refractivity contribution < 1.29 is 0 Å². The molecule has 1 aliphatic rings. The van der Waals surface area contributed by atoms with Crippen LogP contribution >= 0.6 is 0 Å². The first kappa shape index (κ1) is 9.72. The first-order chi connectivity index (χ1) is 8.83. The maximum absolute atomic E-state index is 5.85. The van der Waals surface area contributed by atoms with Crippen molar-refractivity contribution >= 4 is 33.3 Å². The third-order valence-corrected chi connectivity index (χ3v) is 3.81. The highest BCUT2D eigenvalue weighted by molar-refractivity contribution is 6.10. The predicted molar refractivity (Wildman–Crippen MR) is 78.6 cm³/mol. The highest BCUT2D eigenvalue weighted by Crippen LogP contribution is 2.33. The number of allylic oxidation sites excluding steroid dienone is 1. The van der Waals surface area contributed by atoms with Crippen LogP contribution < -0.4 is 5.73 Å². The van der Waals surface area contributed by atoms with E-state index < -0.39 is 0 Å². The van der Waals surface area contributed by atoms with Gasteiger partial charge in [-0.1, -0.05) is 42.5 Å². The van der Waals surface area contributed by atoms with Crippen LogP contribution in [0.2, 0.25) is 0 Å². The van der Waals surface area contributed by atoms with Crippen molar-refractivity contribution in [3.8, 4) is 0 Å². The summed E-state index contributed by atoms with van der Waals surface area (Å²) in [6.45, 7) is 0. The van der Waals surface area contributed by atoms with Gasteiger partial charge in [-0.15, -0.1) is 0 Å². The Morgan fingerprint density at radius 1 is 0.833 bits per heavy atom. The molecule has 1 nitrogen and oxygen atoms in total. The SMILES string of the molecule is Nc1ccc2c(ccc3c4c(ccc32)C=CC4)c1. The Morgan fingerprint density at radius 2 is 1.67 bits per heavy atom. The maximum Gasteiger partial charge on any atom is 0.0320 e. The van der Waals surface area contributed by atoms with E-state index in [2.05, 4.69) is 42.5 Å². The number of nitrogen functional groups attached to an aromatic ring is 1. The largest absolute Gasteiger partial charge is 0.399 e. The molecule has 0 spiro atoms. The number of nitrogens with two attached hydrogens (primary N) is 1. The Hall–Kier alpha value is -2.28. The summed E-state index contributed by atoms with van der Waals surface area (Å²) < 4.78 is 0. The van der Waals surface area contributed by atoms with Crippen LogP contribution in [0.4, 0.5) is 5.69 Å². The number of hydrogen-bond donors (Lipinski definition) is 1. The number of rotatable bonds is 0. The van der Waals surface area contributed by atoms with Crippen molar-refractivity contribution in [2.75, 3.05) is 5.73 Å². The van der Waals surface area contributed by atoms with Gasteiger partial charge in [0.2, 0.25) is 0 Å². The standard InChI is InChI=1S/C17H13N/c18-13-6-9-15-12(10-13)5-8-16-14-3-1-2-11(14)4-7-17(15)16/h1-2,4-10H,3,18H2. The van der Waals surface area contributed by atoms with Crippen molar-refractivity contribution in [2.45, 2.75) is 6.42 Å². The molecule has 0 radical (unpaired) electrons. The summed E-state index contributed by atoms with van der Waals surface area (Å²) in [6, 6.07) is 15.0. The van der Waals surface area contributed by atoms with Gasteiger partial charge >= 0.3 is 0 Å². The maximum atomic E-state index is 5.85. The van der Waals surface area contributed by atoms with Crippen LogP contribution in [0.3, 0.4) is 0 Å². The van der Waals surface area contributed by atoms with Crippen LogP contribution in [0.15, 0.2) is 48.5 Å². The van der Waals surface area contributed by atoms with Gasteiger partial charge in [0.25, 0.3) is 0 Å². The Morgan fingerprint density at radius 3 is 2.61 bits per heavy atom. The number of fused-ring (bicyclic) bond motifs is 5. The van der Waals surface area contributed by atoms with Crippen molar-refractivity contribution in [1.82, 2.24) is 0 Å². The zero-order valence-corrected chi connectivity index (χ0v) is 9.98. The Labute approximate surface area is 106 Å². The molecule has 86 valence electrons. The van der Waals surface area contributed by atoms with E-state index in [9.17, 15) is 0 Å². The Balaban J connectivity index is 2.18. The molecule has 4 rings (SSSR count). The van der Waals surface area contributed by atoms with Gasteiger partial charge < -0.3 is 5.73 Å². The first-order valence-electron chi connectivity index (χ1n) is 6.23. The van der Waals surface area contributed by atoms with Crippen molar-refractivity contribution in [1.29, 1.82) is 0 Å². The molecule has 0 saturated heterocycles. The summed E-state index contributed by atoms with van der Waals surface area (Å²) in [4.78, 5) is 0. The van der Waals surface area contributed by atoms with Crippen LogP contribution in [0, 0.1) is 0 Å². The fourth-order valence-electron chi connectivity index (χ4n) is 2.93. The van der Waals surface area contributed by atoms with E-state index in [-0.39, 0.29) is 0 Å². The minimum absolute atomic E-state index is 0.824. The van der Waals surface area contributed by atoms with Gasteiger partial charge in [0.05, 0.1) is 0 Å². The zero-order valence-electron chi connectivity index (χ0n) is 9.98. The lowest BCUT2D eigenvalue weighted by Gasteiger charge is -2.09. The van der Waals surface area contributed by atoms with Gasteiger partial charge in [-0.25, -0.2) is 0 Å². The number of anilines is 1. The molecule has 0 amide bonds. The smallest absolute Gasteiger partial charge is 0.0320 e. The lowest BCUT2D eigenvalue weighted by atomic mass is 9.96. The monoisotopic (exact) mass is 231 g/mol. The summed E-state index contributed by atoms with van der Waals surface area (Å²) in [5, 5.41) is 5.20. The molecular formula is C17H13N. The number of benzene rings is 3. The highest BCUT2D eigenvalue weighted by atomic mass is 14.5. The molecular weight excluding hydrogens is 218 g/mol. The summed E-state index contributed by atoms with van der Waals surface area (Å²) >= 11 is 0. The van der Waals surface area contributed by atoms with E-state index >= 15 is 0 Å². The minimum atomic E-state index is 0.824. The molecule has 0 atom stereocenters. The molecule has 3 aromatic rings. The van der Waals surface area contributed by atoms with Gasteiger partial charge in [-0.2, -0.15) is 0 Å². The van der Waals surface area contributed by atoms with Crippen molar-refractivity contribution in [3.05, 3.63) is 59.7 Å². The second-order valence-electron chi connectivity index (χ2n) is 4.88. The second-order valence-corrected chi connectivity index (χ2v) is 4.88. The molecule has 2 N–H and O–H groups in total. The summed E-state index contributed by atoms with van der Waals surface area (Å²) in [6.07, 6.45) is 5.49. The molecule has 0 unspecified atom stereocenters. The van der Waals surface area contributed by atoms with E-state index in [1.54, 1.807) is 0 Å². The molecule has 3 aromatic carbocycles. The van der Waals surface area contributed by atoms with Gasteiger partial charge in [-0.05, 0) is 51.2 Å². The fourth-order valence-corrected chi connectivity index (χ4v) is 2.93. The lowest BCUT2D eigenvalue weighted by Crippen LogP contribution is -1.88. The second kappa shape index (κ2) is 3.36. The van der Waals surface area contributed by atoms with Crippen LogP contribution in [-0.2, 0) is 6.42 Å². The fraction of sp³-hybridized carbons (Fsp3) is 0.0588. The molecule has 0 heterocycles. The summed E-state index contributed by atoms with van der Waals surface area (Å²) in [7, 11) is 0. The van der Waals surface area contributed by atoms with E-state index in [1.165, 1.54) is 32.7 Å². The molecule has 1 aliphatic carbocycles. The molecule has 1 heteroatoms. The lowest BCUT2D eigenvalue weighted by molar-refractivity contribution is 1.35. The average molecular weight is 231 g/mol. The third-order valence-electron chi connectivity index (χ3n) is 3.81.